The molecule has 0 fully saturated rings. The summed E-state index contributed by atoms with van der Waals surface area (Å²) in [6, 6.07) is 1.19. The van der Waals surface area contributed by atoms with Gasteiger partial charge in [0.25, 0.3) is 0 Å². The first-order valence-corrected chi connectivity index (χ1v) is 5.62. The predicted molar refractivity (Wildman–Crippen MR) is 51.7 cm³/mol. The molecule has 0 heterocycles. The smallest absolute Gasteiger partial charge is 0.207 e. The van der Waals surface area contributed by atoms with E-state index in [1.807, 2.05) is 4.72 Å². The molecule has 7 heteroatoms. The second-order valence-electron chi connectivity index (χ2n) is 2.81. The van der Waals surface area contributed by atoms with Crippen molar-refractivity contribution in [2.45, 2.75) is 4.90 Å². The molecule has 1 N–H and O–H groups in total. The van der Waals surface area contributed by atoms with Gasteiger partial charge in [0.2, 0.25) is 10.0 Å². The summed E-state index contributed by atoms with van der Waals surface area (Å²) in [5, 5.41) is 0. The molecule has 3 nitrogen and oxygen atoms in total. The Morgan fingerprint density at radius 1 is 1.25 bits per heavy atom. The first-order valence-electron chi connectivity index (χ1n) is 4.14. The first-order chi connectivity index (χ1) is 7.40. The number of hydrogen-bond donors (Lipinski definition) is 1. The van der Waals surface area contributed by atoms with Crippen molar-refractivity contribution in [1.29, 1.82) is 0 Å². The Labute approximate surface area is 90.6 Å². The van der Waals surface area contributed by atoms with E-state index in [9.17, 15) is 21.6 Å². The summed E-state index contributed by atoms with van der Waals surface area (Å²) >= 11 is 0. The summed E-state index contributed by atoms with van der Waals surface area (Å²) in [6.07, 6.45) is 1.23. The average molecular weight is 251 g/mol. The fourth-order valence-corrected chi connectivity index (χ4v) is 2.03. The van der Waals surface area contributed by atoms with Gasteiger partial charge in [-0.1, -0.05) is 6.08 Å². The van der Waals surface area contributed by atoms with Crippen LogP contribution in [0.4, 0.5) is 13.2 Å². The highest BCUT2D eigenvalue weighted by molar-refractivity contribution is 7.89. The van der Waals surface area contributed by atoms with Gasteiger partial charge in [0.1, 0.15) is 4.90 Å². The first kappa shape index (κ1) is 12.7. The van der Waals surface area contributed by atoms with Gasteiger partial charge in [-0.05, 0) is 12.1 Å². The second kappa shape index (κ2) is 4.67. The Bertz CT molecular complexity index is 514. The van der Waals surface area contributed by atoms with Gasteiger partial charge in [-0.3, -0.25) is 0 Å². The second-order valence-corrected chi connectivity index (χ2v) is 4.55. The molecule has 0 radical (unpaired) electrons. The van der Waals surface area contributed by atoms with Crippen LogP contribution in [0.2, 0.25) is 0 Å². The Kier molecular flexibility index (Phi) is 3.71. The summed E-state index contributed by atoms with van der Waals surface area (Å²) in [6.45, 7) is 3.12. The lowest BCUT2D eigenvalue weighted by Crippen LogP contribution is -2.25. The molecule has 0 atom stereocenters. The van der Waals surface area contributed by atoms with Crippen LogP contribution in [0.15, 0.2) is 29.7 Å². The van der Waals surface area contributed by atoms with Gasteiger partial charge in [0.15, 0.2) is 17.5 Å². The monoisotopic (exact) mass is 251 g/mol. The molecule has 16 heavy (non-hydrogen) atoms. The van der Waals surface area contributed by atoms with Crippen molar-refractivity contribution in [2.75, 3.05) is 6.54 Å². The number of halogens is 3. The van der Waals surface area contributed by atoms with E-state index in [-0.39, 0.29) is 6.54 Å². The maximum atomic E-state index is 13.1. The van der Waals surface area contributed by atoms with Crippen molar-refractivity contribution in [3.63, 3.8) is 0 Å². The number of sulfonamides is 1. The third kappa shape index (κ3) is 2.42. The van der Waals surface area contributed by atoms with Gasteiger partial charge >= 0.3 is 0 Å². The third-order valence-electron chi connectivity index (χ3n) is 1.71. The summed E-state index contributed by atoms with van der Waals surface area (Å²) < 4.78 is 63.2. The molecule has 88 valence electrons. The molecule has 0 spiro atoms. The highest BCUT2D eigenvalue weighted by Crippen LogP contribution is 2.19. The van der Waals surface area contributed by atoms with Crippen LogP contribution < -0.4 is 4.72 Å². The predicted octanol–water partition coefficient (Wildman–Crippen LogP) is 1.57. The largest absolute Gasteiger partial charge is 0.243 e. The summed E-state index contributed by atoms with van der Waals surface area (Å²) in [5.41, 5.74) is 0. The SMILES string of the molecule is C=CCNS(=O)(=O)c1ccc(F)c(F)c1F. The zero-order valence-corrected chi connectivity index (χ0v) is 8.82. The van der Waals surface area contributed by atoms with E-state index in [1.165, 1.54) is 6.08 Å². The van der Waals surface area contributed by atoms with E-state index < -0.39 is 32.4 Å². The number of rotatable bonds is 4. The van der Waals surface area contributed by atoms with Crippen LogP contribution in [0.5, 0.6) is 0 Å². The number of benzene rings is 1. The Hall–Kier alpha value is -1.34. The van der Waals surface area contributed by atoms with Gasteiger partial charge in [0.05, 0.1) is 0 Å². The third-order valence-corrected chi connectivity index (χ3v) is 3.15. The van der Waals surface area contributed by atoms with Crippen molar-refractivity contribution in [3.8, 4) is 0 Å². The molecule has 0 saturated carbocycles. The van der Waals surface area contributed by atoms with E-state index in [1.54, 1.807) is 0 Å². The van der Waals surface area contributed by atoms with Crippen LogP contribution in [-0.4, -0.2) is 15.0 Å². The summed E-state index contributed by atoms with van der Waals surface area (Å²) in [5.74, 6) is -5.00. The van der Waals surface area contributed by atoms with Gasteiger partial charge in [0, 0.05) is 6.54 Å². The topological polar surface area (TPSA) is 46.2 Å². The van der Waals surface area contributed by atoms with E-state index in [4.69, 9.17) is 0 Å². The van der Waals surface area contributed by atoms with Crippen LogP contribution in [0, 0.1) is 17.5 Å². The molecule has 1 rings (SSSR count). The minimum absolute atomic E-state index is 0.138. The summed E-state index contributed by atoms with van der Waals surface area (Å²) in [7, 11) is -4.20. The van der Waals surface area contributed by atoms with Crippen molar-refractivity contribution in [1.82, 2.24) is 4.72 Å². The lowest BCUT2D eigenvalue weighted by atomic mass is 10.3. The molecule has 0 saturated heterocycles. The maximum Gasteiger partial charge on any atom is 0.243 e. The van der Waals surface area contributed by atoms with Crippen molar-refractivity contribution >= 4 is 10.0 Å². The minimum Gasteiger partial charge on any atom is -0.207 e. The molecule has 0 amide bonds. The minimum atomic E-state index is -4.20. The lowest BCUT2D eigenvalue weighted by molar-refractivity contribution is 0.432. The molecule has 0 aliphatic carbocycles. The van der Waals surface area contributed by atoms with Crippen molar-refractivity contribution < 1.29 is 21.6 Å². The fourth-order valence-electron chi connectivity index (χ4n) is 0.962. The number of nitrogens with one attached hydrogen (secondary N) is 1. The highest BCUT2D eigenvalue weighted by Gasteiger charge is 2.23. The van der Waals surface area contributed by atoms with E-state index in [0.717, 1.165) is 0 Å². The van der Waals surface area contributed by atoms with Crippen molar-refractivity contribution in [3.05, 3.63) is 42.2 Å². The zero-order valence-electron chi connectivity index (χ0n) is 8.00. The Balaban J connectivity index is 3.24. The average Bonchev–Trinajstić information content (AvgIpc) is 2.23. The maximum absolute atomic E-state index is 13.1. The van der Waals surface area contributed by atoms with Crippen LogP contribution in [-0.2, 0) is 10.0 Å². The Morgan fingerprint density at radius 2 is 1.88 bits per heavy atom. The summed E-state index contributed by atoms with van der Waals surface area (Å²) in [4.78, 5) is -0.937. The van der Waals surface area contributed by atoms with E-state index >= 15 is 0 Å². The lowest BCUT2D eigenvalue weighted by Gasteiger charge is -2.06. The molecule has 0 aromatic heterocycles. The zero-order chi connectivity index (χ0) is 12.3. The molecule has 0 aliphatic heterocycles. The normalized spacial score (nSPS) is 11.4. The number of hydrogen-bond acceptors (Lipinski definition) is 2. The molecular formula is C9H8F3NO2S. The highest BCUT2D eigenvalue weighted by atomic mass is 32.2. The van der Waals surface area contributed by atoms with Crippen LogP contribution in [0.3, 0.4) is 0 Å². The van der Waals surface area contributed by atoms with Crippen LogP contribution in [0.25, 0.3) is 0 Å². The van der Waals surface area contributed by atoms with E-state index in [2.05, 4.69) is 6.58 Å². The standard InChI is InChI=1S/C9H8F3NO2S/c1-2-5-13-16(14,15)7-4-3-6(10)8(11)9(7)12/h2-4,13H,1,5H2. The molecule has 0 aliphatic rings. The fraction of sp³-hybridized carbons (Fsp3) is 0.111. The van der Waals surface area contributed by atoms with Crippen LogP contribution in [0.1, 0.15) is 0 Å². The molecule has 1 aromatic carbocycles. The van der Waals surface area contributed by atoms with Gasteiger partial charge < -0.3 is 0 Å². The van der Waals surface area contributed by atoms with Gasteiger partial charge in [-0.2, -0.15) is 0 Å². The van der Waals surface area contributed by atoms with Gasteiger partial charge in [-0.15, -0.1) is 6.58 Å². The Morgan fingerprint density at radius 3 is 2.44 bits per heavy atom. The van der Waals surface area contributed by atoms with Crippen LogP contribution >= 0.6 is 0 Å². The molecule has 0 bridgehead atoms. The van der Waals surface area contributed by atoms with Gasteiger partial charge in [-0.25, -0.2) is 26.3 Å². The molecule has 0 unspecified atom stereocenters. The van der Waals surface area contributed by atoms with E-state index in [0.29, 0.717) is 12.1 Å². The van der Waals surface area contributed by atoms with Crippen molar-refractivity contribution in [2.24, 2.45) is 0 Å². The quantitative estimate of drug-likeness (QED) is 0.652. The molecular weight excluding hydrogens is 243 g/mol. The molecule has 1 aromatic rings.